The zero-order valence-corrected chi connectivity index (χ0v) is 27.9. The number of aromatic nitrogens is 8. The summed E-state index contributed by atoms with van der Waals surface area (Å²) in [6.07, 6.45) is -0.819. The Hall–Kier alpha value is -1.62. The van der Waals surface area contributed by atoms with Gasteiger partial charge in [-0.1, -0.05) is 0 Å². The third-order valence-corrected chi connectivity index (χ3v) is 13.6. The molecule has 242 valence electrons. The van der Waals surface area contributed by atoms with E-state index in [1.54, 1.807) is 16.1 Å². The van der Waals surface area contributed by atoms with E-state index in [1.807, 2.05) is 0 Å². The number of nitrogen functional groups attached to an aromatic ring is 1. The summed E-state index contributed by atoms with van der Waals surface area (Å²) < 4.78 is 26.4. The molecule has 0 saturated carbocycles. The number of aliphatic hydroxyl groups excluding tert-OH is 2. The van der Waals surface area contributed by atoms with Gasteiger partial charge in [-0.25, -0.2) is 24.9 Å². The second kappa shape index (κ2) is 11.8. The van der Waals surface area contributed by atoms with Gasteiger partial charge in [0.05, 0.1) is 42.5 Å². The van der Waals surface area contributed by atoms with Gasteiger partial charge in [-0.05, 0) is 30.5 Å². The Balaban J connectivity index is 1.21. The van der Waals surface area contributed by atoms with Crippen LogP contribution < -0.4 is 11.3 Å². The molecule has 7 N–H and O–H groups in total. The quantitative estimate of drug-likeness (QED) is 0.149. The number of nitrogens with zero attached hydrogens (tertiary/aromatic N) is 7. The zero-order valence-electron chi connectivity index (χ0n) is 22.8. The molecule has 3 aliphatic rings. The maximum Gasteiger partial charge on any atom is 0.325 e. The number of fused-ring (bicyclic) bond motifs is 5. The van der Waals surface area contributed by atoms with Crippen LogP contribution in [-0.2, 0) is 41.7 Å². The van der Waals surface area contributed by atoms with Crippen LogP contribution in [0.2, 0.25) is 0 Å². The number of H-pyrrole nitrogens is 1. The highest BCUT2D eigenvalue weighted by Crippen LogP contribution is 2.58. The van der Waals surface area contributed by atoms with Crippen molar-refractivity contribution in [1.82, 2.24) is 39.0 Å². The lowest BCUT2D eigenvalue weighted by molar-refractivity contribution is 0.0152. The van der Waals surface area contributed by atoms with Gasteiger partial charge in [0, 0.05) is 0 Å². The maximum atomic E-state index is 12.5. The zero-order chi connectivity index (χ0) is 31.8. The minimum absolute atomic E-state index is 0.0692. The molecule has 4 unspecified atom stereocenters. The van der Waals surface area contributed by atoms with Gasteiger partial charge in [0.15, 0.2) is 22.6 Å². The van der Waals surface area contributed by atoms with Crippen LogP contribution in [0.3, 0.4) is 0 Å². The molecule has 0 radical (unpaired) electrons. The Bertz CT molecular complexity index is 1950. The average Bonchev–Trinajstić information content (AvgIpc) is 3.72. The van der Waals surface area contributed by atoms with Crippen molar-refractivity contribution >= 4 is 88.7 Å². The molecule has 2 bridgehead atoms. The highest BCUT2D eigenvalue weighted by Gasteiger charge is 2.52. The SMILES string of the molecule is Cc1nc2c(ncn2[C@@H]2S[C@@H]3COP(O)(=S)O[C@@H]4C(O)[C@H](n5cnc6c(N)ncnc65)S[C@@H]4COP(O)(=S)O[C@H]2C3O)c(=O)[nH]1. The van der Waals surface area contributed by atoms with E-state index in [1.165, 1.54) is 30.7 Å². The summed E-state index contributed by atoms with van der Waals surface area (Å²) in [6.45, 7) is -7.08. The van der Waals surface area contributed by atoms with Crippen molar-refractivity contribution in [2.75, 3.05) is 18.9 Å². The molecule has 0 spiro atoms. The van der Waals surface area contributed by atoms with Gasteiger partial charge in [0.2, 0.25) is 0 Å². The first-order valence-electron chi connectivity index (χ1n) is 13.2. The van der Waals surface area contributed by atoms with Crippen LogP contribution in [0.15, 0.2) is 23.8 Å². The van der Waals surface area contributed by atoms with Crippen molar-refractivity contribution in [1.29, 1.82) is 0 Å². The molecule has 3 aliphatic heterocycles. The molecular weight excluding hydrogens is 713 g/mol. The topological polar surface area (TPSA) is 251 Å². The van der Waals surface area contributed by atoms with Crippen LogP contribution in [0.25, 0.3) is 22.3 Å². The first-order chi connectivity index (χ1) is 21.3. The fourth-order valence-corrected chi connectivity index (χ4v) is 11.6. The summed E-state index contributed by atoms with van der Waals surface area (Å²) in [4.78, 5) is 58.4. The number of aryl methyl sites for hydroxylation is 1. The van der Waals surface area contributed by atoms with E-state index in [0.29, 0.717) is 17.0 Å². The molecule has 45 heavy (non-hydrogen) atoms. The first-order valence-corrected chi connectivity index (χ1v) is 20.2. The summed E-state index contributed by atoms with van der Waals surface area (Å²) in [5.41, 5.74) is 6.47. The second-order valence-corrected chi connectivity index (χ2v) is 18.6. The van der Waals surface area contributed by atoms with Crippen LogP contribution >= 0.6 is 37.0 Å². The van der Waals surface area contributed by atoms with Crippen molar-refractivity contribution < 1.29 is 38.1 Å². The third kappa shape index (κ3) is 5.88. The largest absolute Gasteiger partial charge is 0.389 e. The minimum Gasteiger partial charge on any atom is -0.389 e. The summed E-state index contributed by atoms with van der Waals surface area (Å²) in [5.74, 6) is 0.500. The van der Waals surface area contributed by atoms with Gasteiger partial charge in [-0.3, -0.25) is 18.5 Å². The molecular formula is C21H25N9O9P2S4. The number of aliphatic hydroxyl groups is 2. The molecule has 4 aromatic heterocycles. The molecule has 10 atom stereocenters. The highest BCUT2D eigenvalue weighted by atomic mass is 32.5. The average molecular weight is 738 g/mol. The molecule has 4 aromatic rings. The van der Waals surface area contributed by atoms with Gasteiger partial charge in [-0.2, -0.15) is 0 Å². The third-order valence-electron chi connectivity index (χ3n) is 7.42. The number of nitrogens with two attached hydrogens (primary N) is 1. The number of thioether (sulfide) groups is 2. The number of hydrogen-bond donors (Lipinski definition) is 6. The summed E-state index contributed by atoms with van der Waals surface area (Å²) in [6, 6.07) is 0. The Morgan fingerprint density at radius 3 is 2.27 bits per heavy atom. The van der Waals surface area contributed by atoms with Gasteiger partial charge >= 0.3 is 13.4 Å². The lowest BCUT2D eigenvalue weighted by Gasteiger charge is -2.28. The minimum atomic E-state index is -4.07. The normalized spacial score (nSPS) is 37.7. The number of nitrogens with one attached hydrogen (secondary N) is 1. The molecule has 0 aromatic carbocycles. The van der Waals surface area contributed by atoms with Crippen molar-refractivity contribution in [3.05, 3.63) is 35.2 Å². The number of aromatic amines is 1. The summed E-state index contributed by atoms with van der Waals surface area (Å²) in [7, 11) is 0. The van der Waals surface area contributed by atoms with Gasteiger partial charge in [0.25, 0.3) is 5.56 Å². The van der Waals surface area contributed by atoms with Crippen LogP contribution in [0.1, 0.15) is 16.6 Å². The molecule has 3 fully saturated rings. The fraction of sp³-hybridized carbons (Fsp3) is 0.524. The molecule has 7 rings (SSSR count). The predicted octanol–water partition coefficient (Wildman–Crippen LogP) is 0.0507. The predicted molar refractivity (Wildman–Crippen MR) is 170 cm³/mol. The van der Waals surface area contributed by atoms with E-state index in [4.69, 9.17) is 47.4 Å². The Labute approximate surface area is 271 Å². The Morgan fingerprint density at radius 2 is 1.53 bits per heavy atom. The Morgan fingerprint density at radius 1 is 0.911 bits per heavy atom. The molecule has 0 aliphatic carbocycles. The molecule has 3 saturated heterocycles. The lowest BCUT2D eigenvalue weighted by Crippen LogP contribution is -2.35. The van der Waals surface area contributed by atoms with Crippen molar-refractivity contribution in [3.63, 3.8) is 0 Å². The van der Waals surface area contributed by atoms with Gasteiger partial charge in [0.1, 0.15) is 46.7 Å². The van der Waals surface area contributed by atoms with Crippen LogP contribution in [0.5, 0.6) is 0 Å². The highest BCUT2D eigenvalue weighted by molar-refractivity contribution is 8.07. The van der Waals surface area contributed by atoms with E-state index in [2.05, 4.69) is 29.9 Å². The van der Waals surface area contributed by atoms with Crippen molar-refractivity contribution in [2.45, 2.75) is 52.6 Å². The molecule has 7 heterocycles. The number of hydrogen-bond acceptors (Lipinski definition) is 17. The van der Waals surface area contributed by atoms with Gasteiger partial charge in [-0.15, -0.1) is 23.5 Å². The van der Waals surface area contributed by atoms with E-state index in [9.17, 15) is 24.8 Å². The lowest BCUT2D eigenvalue weighted by atomic mass is 10.1. The summed E-state index contributed by atoms with van der Waals surface area (Å²) >= 11 is 13.0. The monoisotopic (exact) mass is 737 g/mol. The molecule has 18 nitrogen and oxygen atoms in total. The van der Waals surface area contributed by atoms with Gasteiger partial charge < -0.3 is 44.3 Å². The Kier molecular flexibility index (Phi) is 8.39. The number of rotatable bonds is 2. The van der Waals surface area contributed by atoms with E-state index in [0.717, 1.165) is 11.8 Å². The fourth-order valence-electron chi connectivity index (χ4n) is 5.39. The number of imidazole rings is 2. The van der Waals surface area contributed by atoms with E-state index >= 15 is 0 Å². The smallest absolute Gasteiger partial charge is 0.325 e. The number of anilines is 1. The molecule has 24 heteroatoms. The standard InChI is InChI=1S/C21H25N9O9P2S4/c1-7-27-18-11(19(33)28-7)26-6-30(18)21-15-12(31)8(44-21)2-36-40(34,42)38-14-9(3-37-41(35,43)39-15)45-20(13(14)32)29-5-25-10-16(22)23-4-24-17(10)29/h4-6,8-9,12-15,20-21,31-32H,2-3H2,1H3,(H,34,42)(H,35,43)(H2,22,23,24)(H,27,28,33)/t8-,9-,12?,13?,14+,15+,20-,21-,40?,41?/m1/s1. The maximum absolute atomic E-state index is 12.5. The van der Waals surface area contributed by atoms with Crippen molar-refractivity contribution in [2.24, 2.45) is 0 Å². The first kappa shape index (κ1) is 32.0. The van der Waals surface area contributed by atoms with Crippen LogP contribution in [0.4, 0.5) is 5.82 Å². The van der Waals surface area contributed by atoms with E-state index in [-0.39, 0.29) is 30.2 Å². The van der Waals surface area contributed by atoms with Crippen molar-refractivity contribution in [3.8, 4) is 0 Å². The van der Waals surface area contributed by atoms with E-state index < -0.39 is 64.7 Å². The second-order valence-electron chi connectivity index (χ2n) is 10.3. The van der Waals surface area contributed by atoms with Crippen LogP contribution in [0, 0.1) is 6.92 Å². The van der Waals surface area contributed by atoms with Crippen LogP contribution in [-0.4, -0.2) is 107 Å². The summed E-state index contributed by atoms with van der Waals surface area (Å²) in [5, 5.41) is 19.6. The molecule has 0 amide bonds.